The summed E-state index contributed by atoms with van der Waals surface area (Å²) in [6, 6.07) is 0. The lowest BCUT2D eigenvalue weighted by molar-refractivity contribution is -0.0496. The number of halogens is 4. The summed E-state index contributed by atoms with van der Waals surface area (Å²) in [6.07, 6.45) is 4.65. The Labute approximate surface area is 195 Å². The number of aliphatic imine (C=N–C) groups is 1. The van der Waals surface area contributed by atoms with Crippen LogP contribution in [0.2, 0.25) is 0 Å². The number of hydrogen-bond acceptors (Lipinski definition) is 4. The Bertz CT molecular complexity index is 634. The minimum atomic E-state index is -5.23. The largest absolute Gasteiger partial charge is 0.511 e. The first-order valence-electron chi connectivity index (χ1n) is 10.4. The maximum Gasteiger partial charge on any atom is 0.511 e. The van der Waals surface area contributed by atoms with Gasteiger partial charge in [0.2, 0.25) is 0 Å². The highest BCUT2D eigenvalue weighted by Gasteiger charge is 2.50. The quantitative estimate of drug-likeness (QED) is 0.280. The summed E-state index contributed by atoms with van der Waals surface area (Å²) in [5, 5.41) is 6.53. The van der Waals surface area contributed by atoms with E-state index in [4.69, 9.17) is 0 Å². The smallest absolute Gasteiger partial charge is 0.356 e. The molecule has 7 nitrogen and oxygen atoms in total. The molecular weight excluding hydrogens is 534 g/mol. The summed E-state index contributed by atoms with van der Waals surface area (Å²) < 4.78 is 61.4. The molecule has 30 heavy (non-hydrogen) atoms. The molecule has 2 rings (SSSR count). The second-order valence-electron chi connectivity index (χ2n) is 8.09. The molecule has 0 aromatic heterocycles. The van der Waals surface area contributed by atoms with Crippen molar-refractivity contribution in [2.75, 3.05) is 52.9 Å². The van der Waals surface area contributed by atoms with Gasteiger partial charge in [-0.15, -0.1) is 24.0 Å². The van der Waals surface area contributed by atoms with Gasteiger partial charge in [0, 0.05) is 39.8 Å². The Balaban J connectivity index is 0.00000450. The van der Waals surface area contributed by atoms with Crippen molar-refractivity contribution in [2.45, 2.75) is 44.5 Å². The average Bonchev–Trinajstić information content (AvgIpc) is 2.68. The van der Waals surface area contributed by atoms with Crippen molar-refractivity contribution in [3.8, 4) is 0 Å². The summed E-state index contributed by atoms with van der Waals surface area (Å²) in [5.41, 5.74) is -5.23. The maximum absolute atomic E-state index is 12.6. The van der Waals surface area contributed by atoms with Crippen molar-refractivity contribution in [2.24, 2.45) is 16.8 Å². The number of hydrogen-bond donors (Lipinski definition) is 2. The SMILES string of the molecule is CN=C(NCC(C)CN1CCCCC1)NCC1CCN(S(=O)(=O)C(F)(F)F)CC1.I. The van der Waals surface area contributed by atoms with Crippen molar-refractivity contribution in [1.82, 2.24) is 19.8 Å². The fourth-order valence-corrected chi connectivity index (χ4v) is 4.86. The first-order chi connectivity index (χ1) is 13.6. The molecule has 0 spiro atoms. The van der Waals surface area contributed by atoms with E-state index in [9.17, 15) is 21.6 Å². The molecule has 2 heterocycles. The van der Waals surface area contributed by atoms with Crippen LogP contribution in [-0.2, 0) is 10.0 Å². The molecule has 2 N–H and O–H groups in total. The van der Waals surface area contributed by atoms with E-state index in [-0.39, 0.29) is 43.0 Å². The van der Waals surface area contributed by atoms with Crippen LogP contribution in [-0.4, -0.2) is 82.0 Å². The van der Waals surface area contributed by atoms with Crippen molar-refractivity contribution in [3.05, 3.63) is 0 Å². The van der Waals surface area contributed by atoms with Gasteiger partial charge in [0.15, 0.2) is 5.96 Å². The van der Waals surface area contributed by atoms with Crippen LogP contribution in [0.4, 0.5) is 13.2 Å². The van der Waals surface area contributed by atoms with E-state index in [1.54, 1.807) is 7.05 Å². The highest BCUT2D eigenvalue weighted by molar-refractivity contribution is 14.0. The highest BCUT2D eigenvalue weighted by Crippen LogP contribution is 2.30. The topological polar surface area (TPSA) is 77.0 Å². The Kier molecular flexibility index (Phi) is 11.7. The van der Waals surface area contributed by atoms with Gasteiger partial charge in [0.05, 0.1) is 0 Å². The molecule has 0 aromatic carbocycles. The normalized spacial score (nSPS) is 21.7. The van der Waals surface area contributed by atoms with Crippen molar-refractivity contribution in [1.29, 1.82) is 0 Å². The Morgan fingerprint density at radius 3 is 2.23 bits per heavy atom. The standard InChI is InChI=1S/C18H34F3N5O2S.HI/c1-15(14-25-8-4-3-5-9-25)12-23-17(22-2)24-13-16-6-10-26(11-7-16)29(27,28)18(19,20)21;/h15-16H,3-14H2,1-2H3,(H2,22,23,24);1H. The van der Waals surface area contributed by atoms with E-state index < -0.39 is 15.5 Å². The van der Waals surface area contributed by atoms with E-state index in [1.165, 1.54) is 32.4 Å². The van der Waals surface area contributed by atoms with Crippen molar-refractivity contribution in [3.63, 3.8) is 0 Å². The monoisotopic (exact) mass is 569 g/mol. The van der Waals surface area contributed by atoms with Crippen LogP contribution in [0.1, 0.15) is 39.0 Å². The summed E-state index contributed by atoms with van der Waals surface area (Å²) in [4.78, 5) is 6.70. The van der Waals surface area contributed by atoms with Crippen molar-refractivity contribution >= 4 is 40.0 Å². The van der Waals surface area contributed by atoms with Crippen LogP contribution in [0, 0.1) is 11.8 Å². The zero-order valence-corrected chi connectivity index (χ0v) is 20.9. The first-order valence-corrected chi connectivity index (χ1v) is 11.8. The molecule has 0 saturated carbocycles. The highest BCUT2D eigenvalue weighted by atomic mass is 127. The lowest BCUT2D eigenvalue weighted by Gasteiger charge is -2.32. The Hall–Kier alpha value is -0.340. The second-order valence-corrected chi connectivity index (χ2v) is 10.0. The van der Waals surface area contributed by atoms with Gasteiger partial charge in [0.1, 0.15) is 0 Å². The van der Waals surface area contributed by atoms with Gasteiger partial charge in [-0.25, -0.2) is 8.42 Å². The third-order valence-electron chi connectivity index (χ3n) is 5.62. The number of piperidine rings is 2. The lowest BCUT2D eigenvalue weighted by atomic mass is 9.98. The molecule has 0 radical (unpaired) electrons. The molecule has 0 amide bonds. The molecule has 2 aliphatic heterocycles. The van der Waals surface area contributed by atoms with Crippen molar-refractivity contribution < 1.29 is 21.6 Å². The molecular formula is C18H35F3IN5O2S. The molecule has 0 aliphatic carbocycles. The molecule has 1 atom stereocenters. The molecule has 12 heteroatoms. The number of likely N-dealkylation sites (tertiary alicyclic amines) is 1. The molecule has 2 saturated heterocycles. The van der Waals surface area contributed by atoms with E-state index >= 15 is 0 Å². The second kappa shape index (κ2) is 12.6. The third kappa shape index (κ3) is 8.30. The molecule has 2 fully saturated rings. The van der Waals surface area contributed by atoms with Crippen LogP contribution in [0.15, 0.2) is 4.99 Å². The van der Waals surface area contributed by atoms with E-state index in [1.807, 2.05) is 0 Å². The summed E-state index contributed by atoms with van der Waals surface area (Å²) in [5.74, 6) is 1.25. The minimum Gasteiger partial charge on any atom is -0.356 e. The predicted molar refractivity (Wildman–Crippen MR) is 124 cm³/mol. The van der Waals surface area contributed by atoms with Crippen LogP contribution < -0.4 is 10.6 Å². The summed E-state index contributed by atoms with van der Waals surface area (Å²) >= 11 is 0. The molecule has 1 unspecified atom stereocenters. The van der Waals surface area contributed by atoms with E-state index in [0.717, 1.165) is 13.1 Å². The van der Waals surface area contributed by atoms with Gasteiger partial charge in [-0.2, -0.15) is 17.5 Å². The van der Waals surface area contributed by atoms with Gasteiger partial charge < -0.3 is 15.5 Å². The molecule has 0 aromatic rings. The Morgan fingerprint density at radius 1 is 1.10 bits per heavy atom. The zero-order chi connectivity index (χ0) is 21.5. The number of alkyl halides is 3. The predicted octanol–water partition coefficient (Wildman–Crippen LogP) is 2.45. The lowest BCUT2D eigenvalue weighted by Crippen LogP contribution is -2.47. The van der Waals surface area contributed by atoms with Gasteiger partial charge in [-0.1, -0.05) is 13.3 Å². The number of nitrogens with zero attached hydrogens (tertiary/aromatic N) is 3. The van der Waals surface area contributed by atoms with Gasteiger partial charge >= 0.3 is 15.5 Å². The van der Waals surface area contributed by atoms with Crippen LogP contribution >= 0.6 is 24.0 Å². The maximum atomic E-state index is 12.6. The zero-order valence-electron chi connectivity index (χ0n) is 17.7. The molecule has 0 bridgehead atoms. The first kappa shape index (κ1) is 27.7. The van der Waals surface area contributed by atoms with E-state index in [2.05, 4.69) is 27.4 Å². The number of nitrogens with one attached hydrogen (secondary N) is 2. The Morgan fingerprint density at radius 2 is 1.70 bits per heavy atom. The molecule has 2 aliphatic rings. The number of rotatable bonds is 7. The van der Waals surface area contributed by atoms with Gasteiger partial charge in [-0.05, 0) is 50.6 Å². The van der Waals surface area contributed by atoms with Crippen LogP contribution in [0.3, 0.4) is 0 Å². The average molecular weight is 569 g/mol. The van der Waals surface area contributed by atoms with Crippen LogP contribution in [0.5, 0.6) is 0 Å². The van der Waals surface area contributed by atoms with Gasteiger partial charge in [-0.3, -0.25) is 4.99 Å². The van der Waals surface area contributed by atoms with Gasteiger partial charge in [0.25, 0.3) is 0 Å². The van der Waals surface area contributed by atoms with E-state index in [0.29, 0.717) is 35.6 Å². The van der Waals surface area contributed by atoms with Crippen LogP contribution in [0.25, 0.3) is 0 Å². The minimum absolute atomic E-state index is 0. The summed E-state index contributed by atoms with van der Waals surface area (Å²) in [6.45, 7) is 6.72. The summed E-state index contributed by atoms with van der Waals surface area (Å²) in [7, 11) is -3.53. The third-order valence-corrected chi connectivity index (χ3v) is 7.25. The fraction of sp³-hybridized carbons (Fsp3) is 0.944. The number of guanidine groups is 1. The fourth-order valence-electron chi connectivity index (χ4n) is 3.88. The molecule has 178 valence electrons. The number of sulfonamides is 1.